The molecule has 0 heterocycles. The number of carboxylic acid groups (broad SMARTS) is 2. The summed E-state index contributed by atoms with van der Waals surface area (Å²) in [4.78, 5) is 22.0. The molecule has 0 bridgehead atoms. The van der Waals surface area contributed by atoms with Gasteiger partial charge in [-0.1, -0.05) is 38.8 Å². The molecular weight excluding hydrogens is 332 g/mol. The van der Waals surface area contributed by atoms with Gasteiger partial charge in [-0.25, -0.2) is 0 Å². The Morgan fingerprint density at radius 3 is 2.13 bits per heavy atom. The van der Waals surface area contributed by atoms with Crippen LogP contribution in [0.2, 0.25) is 0 Å². The maximum Gasteiger partial charge on any atom is 0.307 e. The molecule has 0 saturated heterocycles. The van der Waals surface area contributed by atoms with Crippen LogP contribution in [0, 0.1) is 17.8 Å². The standard InChI is InChI=1S/C9H12Br2O4/c1-3-6(9(14)15)4(8(12)13)2-5(10)7(3)11/h3-7H,2H2,1H3,(H,12,13)(H,14,15)/t3-,4+,5-,6+,7+/m0/s1. The van der Waals surface area contributed by atoms with Gasteiger partial charge in [-0.2, -0.15) is 0 Å². The molecule has 5 atom stereocenters. The number of halogens is 2. The summed E-state index contributed by atoms with van der Waals surface area (Å²) in [5.41, 5.74) is 0. The average Bonchev–Trinajstić information content (AvgIpc) is 2.12. The highest BCUT2D eigenvalue weighted by Gasteiger charge is 2.47. The second kappa shape index (κ2) is 4.82. The van der Waals surface area contributed by atoms with Crippen molar-refractivity contribution in [3.63, 3.8) is 0 Å². The largest absolute Gasteiger partial charge is 0.481 e. The van der Waals surface area contributed by atoms with E-state index in [1.165, 1.54) is 0 Å². The van der Waals surface area contributed by atoms with Gasteiger partial charge in [-0.15, -0.1) is 0 Å². The highest BCUT2D eigenvalue weighted by molar-refractivity contribution is 9.12. The molecule has 4 nitrogen and oxygen atoms in total. The lowest BCUT2D eigenvalue weighted by Gasteiger charge is -2.38. The zero-order valence-electron chi connectivity index (χ0n) is 8.06. The van der Waals surface area contributed by atoms with Crippen LogP contribution in [0.25, 0.3) is 0 Å². The van der Waals surface area contributed by atoms with Crippen molar-refractivity contribution in [2.45, 2.75) is 23.0 Å². The first kappa shape index (κ1) is 13.0. The number of hydrogen-bond donors (Lipinski definition) is 2. The van der Waals surface area contributed by atoms with Gasteiger partial charge in [0, 0.05) is 9.65 Å². The summed E-state index contributed by atoms with van der Waals surface area (Å²) >= 11 is 6.78. The maximum absolute atomic E-state index is 11.0. The Morgan fingerprint density at radius 1 is 1.20 bits per heavy atom. The van der Waals surface area contributed by atoms with E-state index in [2.05, 4.69) is 31.9 Å². The third kappa shape index (κ3) is 2.53. The Labute approximate surface area is 104 Å². The van der Waals surface area contributed by atoms with E-state index in [0.29, 0.717) is 6.42 Å². The van der Waals surface area contributed by atoms with Gasteiger partial charge in [0.05, 0.1) is 11.8 Å². The predicted molar refractivity (Wildman–Crippen MR) is 61.5 cm³/mol. The van der Waals surface area contributed by atoms with Crippen molar-refractivity contribution >= 4 is 43.8 Å². The fraction of sp³-hybridized carbons (Fsp3) is 0.778. The minimum absolute atomic E-state index is 0.00389. The molecule has 15 heavy (non-hydrogen) atoms. The fourth-order valence-electron chi connectivity index (χ4n) is 2.06. The van der Waals surface area contributed by atoms with Crippen molar-refractivity contribution in [3.8, 4) is 0 Å². The Balaban J connectivity index is 2.96. The van der Waals surface area contributed by atoms with Crippen molar-refractivity contribution in [1.29, 1.82) is 0 Å². The lowest BCUT2D eigenvalue weighted by Crippen LogP contribution is -2.46. The van der Waals surface area contributed by atoms with Crippen LogP contribution in [-0.2, 0) is 9.59 Å². The minimum Gasteiger partial charge on any atom is -0.481 e. The molecule has 1 aliphatic carbocycles. The van der Waals surface area contributed by atoms with Crippen molar-refractivity contribution in [1.82, 2.24) is 0 Å². The van der Waals surface area contributed by atoms with Crippen molar-refractivity contribution in [2.24, 2.45) is 17.8 Å². The quantitative estimate of drug-likeness (QED) is 0.751. The molecular formula is C9H12Br2O4. The molecule has 0 aliphatic heterocycles. The van der Waals surface area contributed by atoms with E-state index in [1.54, 1.807) is 6.92 Å². The summed E-state index contributed by atoms with van der Waals surface area (Å²) in [6.45, 7) is 1.77. The molecule has 0 radical (unpaired) electrons. The summed E-state index contributed by atoms with van der Waals surface area (Å²) in [7, 11) is 0. The predicted octanol–water partition coefficient (Wildman–Crippen LogP) is 1.95. The van der Waals surface area contributed by atoms with Gasteiger partial charge in [0.25, 0.3) is 0 Å². The number of carboxylic acids is 2. The Bertz CT molecular complexity index is 281. The molecule has 1 aliphatic rings. The zero-order chi connectivity index (χ0) is 11.7. The molecule has 1 rings (SSSR count). The van der Waals surface area contributed by atoms with E-state index in [9.17, 15) is 9.59 Å². The summed E-state index contributed by atoms with van der Waals surface area (Å²) in [6, 6.07) is 0. The lowest BCUT2D eigenvalue weighted by molar-refractivity contribution is -0.157. The smallest absolute Gasteiger partial charge is 0.307 e. The molecule has 6 heteroatoms. The van der Waals surface area contributed by atoms with E-state index in [1.807, 2.05) is 0 Å². The number of alkyl halides is 2. The van der Waals surface area contributed by atoms with Crippen LogP contribution in [0.15, 0.2) is 0 Å². The van der Waals surface area contributed by atoms with Crippen molar-refractivity contribution < 1.29 is 19.8 Å². The van der Waals surface area contributed by atoms with Crippen molar-refractivity contribution in [2.75, 3.05) is 0 Å². The topological polar surface area (TPSA) is 74.6 Å². The SMILES string of the molecule is C[C@@H]1[C@@H](Br)[C@@H](Br)C[C@@H](C(=O)O)[C@@H]1C(=O)O. The second-order valence-corrected chi connectivity index (χ2v) is 6.10. The highest BCUT2D eigenvalue weighted by Crippen LogP contribution is 2.42. The van der Waals surface area contributed by atoms with E-state index in [4.69, 9.17) is 10.2 Å². The van der Waals surface area contributed by atoms with Gasteiger partial charge < -0.3 is 10.2 Å². The zero-order valence-corrected chi connectivity index (χ0v) is 11.2. The van der Waals surface area contributed by atoms with Crippen LogP contribution >= 0.6 is 31.9 Å². The molecule has 1 fully saturated rings. The fourth-order valence-corrected chi connectivity index (χ4v) is 3.49. The molecule has 86 valence electrons. The maximum atomic E-state index is 11.0. The summed E-state index contributed by atoms with van der Waals surface area (Å²) in [6.07, 6.45) is 0.340. The Morgan fingerprint density at radius 2 is 1.73 bits per heavy atom. The number of hydrogen-bond acceptors (Lipinski definition) is 2. The second-order valence-electron chi connectivity index (χ2n) is 3.86. The van der Waals surface area contributed by atoms with Gasteiger partial charge in [0.2, 0.25) is 0 Å². The molecule has 1 saturated carbocycles. The molecule has 0 aromatic heterocycles. The van der Waals surface area contributed by atoms with Gasteiger partial charge in [0.15, 0.2) is 0 Å². The van der Waals surface area contributed by atoms with Gasteiger partial charge in [-0.05, 0) is 12.3 Å². The first-order valence-electron chi connectivity index (χ1n) is 4.60. The van der Waals surface area contributed by atoms with Gasteiger partial charge in [0.1, 0.15) is 0 Å². The third-order valence-electron chi connectivity index (χ3n) is 2.93. The van der Waals surface area contributed by atoms with E-state index in [0.717, 1.165) is 0 Å². The Hall–Kier alpha value is -0.100. The normalized spacial score (nSPS) is 41.1. The molecule has 2 N–H and O–H groups in total. The first-order valence-corrected chi connectivity index (χ1v) is 6.43. The first-order chi connectivity index (χ1) is 6.86. The highest BCUT2D eigenvalue weighted by atomic mass is 79.9. The number of rotatable bonds is 2. The van der Waals surface area contributed by atoms with Crippen LogP contribution in [-0.4, -0.2) is 31.8 Å². The monoisotopic (exact) mass is 342 g/mol. The van der Waals surface area contributed by atoms with Crippen LogP contribution in [0.1, 0.15) is 13.3 Å². The molecule has 0 spiro atoms. The summed E-state index contributed by atoms with van der Waals surface area (Å²) < 4.78 is 0. The van der Waals surface area contributed by atoms with Crippen LogP contribution < -0.4 is 0 Å². The summed E-state index contributed by atoms with van der Waals surface area (Å²) in [5.74, 6) is -3.89. The minimum atomic E-state index is -1.03. The van der Waals surface area contributed by atoms with E-state index >= 15 is 0 Å². The number of aliphatic carboxylic acids is 2. The van der Waals surface area contributed by atoms with Gasteiger partial charge in [-0.3, -0.25) is 9.59 Å². The summed E-state index contributed by atoms with van der Waals surface area (Å²) in [5, 5.41) is 18.0. The van der Waals surface area contributed by atoms with Gasteiger partial charge >= 0.3 is 11.9 Å². The molecule has 0 aromatic carbocycles. The number of carbonyl (C=O) groups is 2. The average molecular weight is 344 g/mol. The molecule has 0 aromatic rings. The van der Waals surface area contributed by atoms with Crippen molar-refractivity contribution in [3.05, 3.63) is 0 Å². The molecule has 0 amide bonds. The van der Waals surface area contributed by atoms with Crippen LogP contribution in [0.3, 0.4) is 0 Å². The van der Waals surface area contributed by atoms with E-state index < -0.39 is 23.8 Å². The van der Waals surface area contributed by atoms with E-state index in [-0.39, 0.29) is 15.6 Å². The lowest BCUT2D eigenvalue weighted by atomic mass is 9.72. The van der Waals surface area contributed by atoms with Crippen LogP contribution in [0.4, 0.5) is 0 Å². The third-order valence-corrected chi connectivity index (χ3v) is 6.05. The Kier molecular flexibility index (Phi) is 4.17. The van der Waals surface area contributed by atoms with Crippen LogP contribution in [0.5, 0.6) is 0 Å². The molecule has 0 unspecified atom stereocenters.